The number of unbranched alkanes of at least 4 members (excludes halogenated alkanes) is 1. The van der Waals surface area contributed by atoms with Gasteiger partial charge in [-0.2, -0.15) is 0 Å². The van der Waals surface area contributed by atoms with Crippen LogP contribution in [0.2, 0.25) is 0 Å². The number of hydrogen-bond donors (Lipinski definition) is 0. The topological polar surface area (TPSA) is 55.3 Å². The van der Waals surface area contributed by atoms with E-state index in [1.54, 1.807) is 24.1 Å². The highest BCUT2D eigenvalue weighted by molar-refractivity contribution is 9.10. The van der Waals surface area contributed by atoms with Crippen molar-refractivity contribution in [2.45, 2.75) is 19.8 Å². The van der Waals surface area contributed by atoms with E-state index in [2.05, 4.69) is 33.1 Å². The molecule has 0 fully saturated rings. The molecule has 7 heteroatoms. The van der Waals surface area contributed by atoms with E-state index in [9.17, 15) is 4.79 Å². The van der Waals surface area contributed by atoms with Gasteiger partial charge in [-0.3, -0.25) is 9.69 Å². The fraction of sp³-hybridized carbons (Fsp3) is 0.250. The van der Waals surface area contributed by atoms with Crippen LogP contribution in [0.5, 0.6) is 5.75 Å². The first-order valence-corrected chi connectivity index (χ1v) is 10.3. The van der Waals surface area contributed by atoms with E-state index in [1.807, 2.05) is 36.4 Å². The fourth-order valence-electron chi connectivity index (χ4n) is 2.55. The lowest BCUT2D eigenvalue weighted by Gasteiger charge is -2.19. The quantitative estimate of drug-likeness (QED) is 0.486. The molecule has 0 atom stereocenters. The fourth-order valence-corrected chi connectivity index (χ4v) is 3.68. The second-order valence-corrected chi connectivity index (χ2v) is 7.81. The molecule has 0 saturated heterocycles. The molecule has 2 aromatic carbocycles. The van der Waals surface area contributed by atoms with E-state index in [0.717, 1.165) is 27.9 Å². The average Bonchev–Trinajstić information content (AvgIpc) is 3.18. The molecule has 0 unspecified atom stereocenters. The van der Waals surface area contributed by atoms with E-state index in [0.29, 0.717) is 23.0 Å². The zero-order valence-electron chi connectivity index (χ0n) is 15.2. The normalized spacial score (nSPS) is 10.6. The SMILES string of the molecule is CCCCN(C(=O)c1cccc(OC)c1)c1nnc(-c2ccc(Br)cc2)s1. The highest BCUT2D eigenvalue weighted by Gasteiger charge is 2.22. The van der Waals surface area contributed by atoms with Gasteiger partial charge in [-0.1, -0.05) is 58.8 Å². The Morgan fingerprint density at radius 3 is 2.67 bits per heavy atom. The number of carbonyl (C=O) groups is 1. The lowest BCUT2D eigenvalue weighted by atomic mass is 10.2. The van der Waals surface area contributed by atoms with E-state index < -0.39 is 0 Å². The number of ether oxygens (including phenoxy) is 1. The van der Waals surface area contributed by atoms with Crippen LogP contribution in [0.25, 0.3) is 10.6 Å². The average molecular weight is 446 g/mol. The maximum atomic E-state index is 13.1. The van der Waals surface area contributed by atoms with E-state index >= 15 is 0 Å². The Labute approximate surface area is 171 Å². The lowest BCUT2D eigenvalue weighted by Crippen LogP contribution is -2.31. The summed E-state index contributed by atoms with van der Waals surface area (Å²) in [6.07, 6.45) is 1.88. The summed E-state index contributed by atoms with van der Waals surface area (Å²) in [5.74, 6) is 0.560. The summed E-state index contributed by atoms with van der Waals surface area (Å²) in [5, 5.41) is 9.97. The van der Waals surface area contributed by atoms with Crippen LogP contribution in [0, 0.1) is 0 Å². The molecule has 1 amide bonds. The molecule has 0 saturated carbocycles. The Hall–Kier alpha value is -2.25. The van der Waals surface area contributed by atoms with Crippen molar-refractivity contribution in [1.82, 2.24) is 10.2 Å². The molecule has 0 radical (unpaired) electrons. The molecule has 5 nitrogen and oxygen atoms in total. The van der Waals surface area contributed by atoms with Crippen molar-refractivity contribution in [2.24, 2.45) is 0 Å². The second kappa shape index (κ2) is 9.10. The minimum Gasteiger partial charge on any atom is -0.497 e. The van der Waals surface area contributed by atoms with Gasteiger partial charge >= 0.3 is 0 Å². The van der Waals surface area contributed by atoms with Crippen molar-refractivity contribution >= 4 is 38.3 Å². The van der Waals surface area contributed by atoms with Gasteiger partial charge < -0.3 is 4.74 Å². The van der Waals surface area contributed by atoms with Crippen LogP contribution >= 0.6 is 27.3 Å². The molecule has 0 aliphatic heterocycles. The van der Waals surface area contributed by atoms with Gasteiger partial charge in [0.2, 0.25) is 5.13 Å². The van der Waals surface area contributed by atoms with Gasteiger partial charge in [0, 0.05) is 22.1 Å². The molecule has 27 heavy (non-hydrogen) atoms. The molecule has 0 spiro atoms. The minimum absolute atomic E-state index is 0.0964. The monoisotopic (exact) mass is 445 g/mol. The number of carbonyl (C=O) groups excluding carboxylic acids is 1. The molecule has 1 heterocycles. The number of benzene rings is 2. The molecule has 1 aromatic heterocycles. The van der Waals surface area contributed by atoms with Gasteiger partial charge in [0.15, 0.2) is 0 Å². The Morgan fingerprint density at radius 1 is 1.19 bits per heavy atom. The number of methoxy groups -OCH3 is 1. The van der Waals surface area contributed by atoms with Gasteiger partial charge in [0.05, 0.1) is 7.11 Å². The molecule has 3 aromatic rings. The first-order chi connectivity index (χ1) is 13.1. The van der Waals surface area contributed by atoms with Crippen molar-refractivity contribution in [3.63, 3.8) is 0 Å². The zero-order valence-corrected chi connectivity index (χ0v) is 17.6. The summed E-state index contributed by atoms with van der Waals surface area (Å²) in [4.78, 5) is 14.8. The van der Waals surface area contributed by atoms with Crippen molar-refractivity contribution < 1.29 is 9.53 Å². The predicted octanol–water partition coefficient (Wildman–Crippen LogP) is 5.42. The van der Waals surface area contributed by atoms with E-state index in [4.69, 9.17) is 4.74 Å². The first kappa shape index (κ1) is 19.5. The van der Waals surface area contributed by atoms with Crippen molar-refractivity contribution in [3.05, 3.63) is 58.6 Å². The predicted molar refractivity (Wildman–Crippen MR) is 113 cm³/mol. The first-order valence-electron chi connectivity index (χ1n) is 8.67. The van der Waals surface area contributed by atoms with Gasteiger partial charge in [-0.05, 0) is 36.8 Å². The Bertz CT molecular complexity index is 912. The second-order valence-electron chi connectivity index (χ2n) is 5.94. The van der Waals surface area contributed by atoms with Crippen LogP contribution in [-0.2, 0) is 0 Å². The summed E-state index contributed by atoms with van der Waals surface area (Å²) in [5.41, 5.74) is 1.55. The number of halogens is 1. The lowest BCUT2D eigenvalue weighted by molar-refractivity contribution is 0.0986. The van der Waals surface area contributed by atoms with Crippen LogP contribution in [0.4, 0.5) is 5.13 Å². The molecule has 0 aliphatic carbocycles. The highest BCUT2D eigenvalue weighted by Crippen LogP contribution is 2.30. The van der Waals surface area contributed by atoms with Gasteiger partial charge in [-0.25, -0.2) is 0 Å². The Balaban J connectivity index is 1.90. The Morgan fingerprint density at radius 2 is 1.96 bits per heavy atom. The molecule has 0 bridgehead atoms. The molecular formula is C20H20BrN3O2S. The molecule has 0 N–H and O–H groups in total. The van der Waals surface area contributed by atoms with Crippen LogP contribution in [0.3, 0.4) is 0 Å². The molecule has 140 valence electrons. The van der Waals surface area contributed by atoms with E-state index in [-0.39, 0.29) is 5.91 Å². The standard InChI is InChI=1S/C20H20BrN3O2S/c1-3-4-12-24(19(25)15-6-5-7-17(13-15)26-2)20-23-22-18(27-20)14-8-10-16(21)11-9-14/h5-11,13H,3-4,12H2,1-2H3. The number of aromatic nitrogens is 2. The van der Waals surface area contributed by atoms with Gasteiger partial charge in [-0.15, -0.1) is 10.2 Å². The molecule has 0 aliphatic rings. The smallest absolute Gasteiger partial charge is 0.260 e. The third-order valence-electron chi connectivity index (χ3n) is 4.03. The summed E-state index contributed by atoms with van der Waals surface area (Å²) in [7, 11) is 1.59. The van der Waals surface area contributed by atoms with Crippen molar-refractivity contribution in [3.8, 4) is 16.3 Å². The van der Waals surface area contributed by atoms with Crippen molar-refractivity contribution in [2.75, 3.05) is 18.6 Å². The molecule has 3 rings (SSSR count). The van der Waals surface area contributed by atoms with Crippen molar-refractivity contribution in [1.29, 1.82) is 0 Å². The van der Waals surface area contributed by atoms with Gasteiger partial charge in [0.1, 0.15) is 10.8 Å². The minimum atomic E-state index is -0.0964. The maximum absolute atomic E-state index is 13.1. The largest absolute Gasteiger partial charge is 0.497 e. The maximum Gasteiger partial charge on any atom is 0.260 e. The van der Waals surface area contributed by atoms with Gasteiger partial charge in [0.25, 0.3) is 5.91 Å². The summed E-state index contributed by atoms with van der Waals surface area (Å²) >= 11 is 4.86. The number of amides is 1. The van der Waals surface area contributed by atoms with Crippen LogP contribution in [0.15, 0.2) is 53.0 Å². The summed E-state index contributed by atoms with van der Waals surface area (Å²) < 4.78 is 6.25. The Kier molecular flexibility index (Phi) is 6.58. The van der Waals surface area contributed by atoms with Crippen LogP contribution in [-0.4, -0.2) is 29.8 Å². The third kappa shape index (κ3) is 4.73. The van der Waals surface area contributed by atoms with Crippen LogP contribution < -0.4 is 9.64 Å². The van der Waals surface area contributed by atoms with E-state index in [1.165, 1.54) is 11.3 Å². The number of anilines is 1. The number of rotatable bonds is 7. The number of hydrogen-bond acceptors (Lipinski definition) is 5. The number of nitrogens with zero attached hydrogens (tertiary/aromatic N) is 3. The van der Waals surface area contributed by atoms with Crippen LogP contribution in [0.1, 0.15) is 30.1 Å². The zero-order chi connectivity index (χ0) is 19.2. The summed E-state index contributed by atoms with van der Waals surface area (Å²) in [6.45, 7) is 2.70. The third-order valence-corrected chi connectivity index (χ3v) is 5.56. The molecular weight excluding hydrogens is 426 g/mol. The highest BCUT2D eigenvalue weighted by atomic mass is 79.9. The summed E-state index contributed by atoms with van der Waals surface area (Å²) in [6, 6.07) is 15.1.